The van der Waals surface area contributed by atoms with Crippen molar-refractivity contribution in [3.05, 3.63) is 30.1 Å². The van der Waals surface area contributed by atoms with Crippen LogP contribution in [0.4, 0.5) is 0 Å². The van der Waals surface area contributed by atoms with E-state index in [4.69, 9.17) is 4.98 Å². The van der Waals surface area contributed by atoms with Crippen LogP contribution in [0.2, 0.25) is 0 Å². The number of nitrogens with zero attached hydrogens (tertiary/aromatic N) is 4. The molecule has 6 nitrogen and oxygen atoms in total. The molecule has 29 heavy (non-hydrogen) atoms. The zero-order valence-electron chi connectivity index (χ0n) is 17.6. The van der Waals surface area contributed by atoms with Crippen molar-refractivity contribution in [2.24, 2.45) is 0 Å². The molecular weight excluding hydrogens is 364 g/mol. The summed E-state index contributed by atoms with van der Waals surface area (Å²) in [6.07, 6.45) is 7.25. The minimum Gasteiger partial charge on any atom is -0.344 e. The fourth-order valence-corrected chi connectivity index (χ4v) is 4.82. The summed E-state index contributed by atoms with van der Waals surface area (Å²) in [5.41, 5.74) is 1.88. The van der Waals surface area contributed by atoms with Gasteiger partial charge in [-0.2, -0.15) is 0 Å². The van der Waals surface area contributed by atoms with Crippen LogP contribution in [-0.4, -0.2) is 57.3 Å². The Hall–Kier alpha value is -2.37. The van der Waals surface area contributed by atoms with Crippen molar-refractivity contribution < 1.29 is 9.59 Å². The van der Waals surface area contributed by atoms with Crippen molar-refractivity contribution in [3.63, 3.8) is 0 Å². The number of hydrogen-bond donors (Lipinski definition) is 0. The van der Waals surface area contributed by atoms with Gasteiger partial charge in [-0.05, 0) is 31.4 Å². The molecule has 2 aromatic rings. The highest BCUT2D eigenvalue weighted by molar-refractivity contribution is 5.83. The Balaban J connectivity index is 1.60. The lowest BCUT2D eigenvalue weighted by molar-refractivity contribution is -0.130. The Labute approximate surface area is 172 Å². The van der Waals surface area contributed by atoms with Gasteiger partial charge in [-0.25, -0.2) is 4.98 Å². The molecule has 0 radical (unpaired) electrons. The Kier molecular flexibility index (Phi) is 5.88. The van der Waals surface area contributed by atoms with Crippen LogP contribution in [0.25, 0.3) is 11.0 Å². The molecule has 1 aliphatic heterocycles. The fourth-order valence-electron chi connectivity index (χ4n) is 4.82. The topological polar surface area (TPSA) is 58.4 Å². The van der Waals surface area contributed by atoms with Gasteiger partial charge in [-0.1, -0.05) is 38.3 Å². The average Bonchev–Trinajstić information content (AvgIpc) is 3.45. The second-order valence-corrected chi connectivity index (χ2v) is 8.60. The fraction of sp³-hybridized carbons (Fsp3) is 0.609. The van der Waals surface area contributed by atoms with Gasteiger partial charge >= 0.3 is 0 Å². The maximum atomic E-state index is 12.9. The van der Waals surface area contributed by atoms with Crippen molar-refractivity contribution in [1.82, 2.24) is 19.4 Å². The van der Waals surface area contributed by atoms with E-state index < -0.39 is 0 Å². The SMILES string of the molecule is CCCCN(C)C(=O)Cn1c([C@H]2CC(=O)N(C3CCCC3)C2)nc2ccccc21. The summed E-state index contributed by atoms with van der Waals surface area (Å²) in [7, 11) is 1.87. The number of amides is 2. The summed E-state index contributed by atoms with van der Waals surface area (Å²) in [6.45, 7) is 3.92. The summed E-state index contributed by atoms with van der Waals surface area (Å²) in [4.78, 5) is 34.4. The Morgan fingerprint density at radius 1 is 1.24 bits per heavy atom. The molecule has 1 saturated carbocycles. The monoisotopic (exact) mass is 396 g/mol. The van der Waals surface area contributed by atoms with Crippen LogP contribution in [0, 0.1) is 0 Å². The van der Waals surface area contributed by atoms with Gasteiger partial charge in [0.15, 0.2) is 0 Å². The van der Waals surface area contributed by atoms with E-state index in [1.165, 1.54) is 12.8 Å². The van der Waals surface area contributed by atoms with Crippen LogP contribution in [-0.2, 0) is 16.1 Å². The number of imidazole rings is 1. The summed E-state index contributed by atoms with van der Waals surface area (Å²) in [6, 6.07) is 8.37. The van der Waals surface area contributed by atoms with Gasteiger partial charge in [0, 0.05) is 38.5 Å². The van der Waals surface area contributed by atoms with E-state index in [1.54, 1.807) is 0 Å². The van der Waals surface area contributed by atoms with Crippen LogP contribution < -0.4 is 0 Å². The molecule has 4 rings (SSSR count). The van der Waals surface area contributed by atoms with Crippen LogP contribution >= 0.6 is 0 Å². The zero-order valence-corrected chi connectivity index (χ0v) is 17.6. The van der Waals surface area contributed by atoms with Gasteiger partial charge in [0.25, 0.3) is 0 Å². The summed E-state index contributed by atoms with van der Waals surface area (Å²) >= 11 is 0. The van der Waals surface area contributed by atoms with E-state index in [0.29, 0.717) is 12.5 Å². The van der Waals surface area contributed by atoms with Crippen molar-refractivity contribution in [2.75, 3.05) is 20.1 Å². The predicted octanol–water partition coefficient (Wildman–Crippen LogP) is 3.55. The summed E-state index contributed by atoms with van der Waals surface area (Å²) in [5.74, 6) is 1.29. The molecule has 1 aromatic heterocycles. The first-order valence-corrected chi connectivity index (χ1v) is 11.1. The van der Waals surface area contributed by atoms with Crippen molar-refractivity contribution in [1.29, 1.82) is 0 Å². The van der Waals surface area contributed by atoms with Crippen molar-refractivity contribution in [2.45, 2.75) is 70.4 Å². The Morgan fingerprint density at radius 3 is 2.76 bits per heavy atom. The standard InChI is InChI=1S/C23H32N4O2/c1-3-4-13-25(2)22(29)16-27-20-12-8-7-11-19(20)24-23(27)17-14-21(28)26(15-17)18-9-5-6-10-18/h7-8,11-12,17-18H,3-6,9-10,13-16H2,1-2H3/t17-/m0/s1. The highest BCUT2D eigenvalue weighted by Gasteiger charge is 2.38. The van der Waals surface area contributed by atoms with Gasteiger partial charge in [0.05, 0.1) is 11.0 Å². The number of para-hydroxylation sites is 2. The Bertz CT molecular complexity index is 884. The molecule has 0 unspecified atom stereocenters. The molecule has 1 aromatic carbocycles. The lowest BCUT2D eigenvalue weighted by Gasteiger charge is -2.24. The number of likely N-dealkylation sites (N-methyl/N-ethyl adjacent to an activating group) is 1. The number of rotatable bonds is 7. The first kappa shape index (κ1) is 19.9. The molecule has 1 atom stereocenters. The number of hydrogen-bond acceptors (Lipinski definition) is 3. The molecule has 2 amide bonds. The normalized spacial score (nSPS) is 20.1. The number of carbonyl (C=O) groups is 2. The van der Waals surface area contributed by atoms with E-state index >= 15 is 0 Å². The van der Waals surface area contributed by atoms with Crippen LogP contribution in [0.1, 0.15) is 63.6 Å². The van der Waals surface area contributed by atoms with Gasteiger partial charge < -0.3 is 14.4 Å². The number of aromatic nitrogens is 2. The molecule has 2 heterocycles. The molecule has 0 bridgehead atoms. The number of unbranched alkanes of at least 4 members (excludes halogenated alkanes) is 1. The third-order valence-corrected chi connectivity index (χ3v) is 6.54. The van der Waals surface area contributed by atoms with E-state index in [9.17, 15) is 9.59 Å². The summed E-state index contributed by atoms with van der Waals surface area (Å²) < 4.78 is 2.05. The molecule has 1 aliphatic carbocycles. The van der Waals surface area contributed by atoms with Crippen LogP contribution in [0.15, 0.2) is 24.3 Å². The molecule has 0 spiro atoms. The number of fused-ring (bicyclic) bond motifs is 1. The van der Waals surface area contributed by atoms with Gasteiger partial charge in [-0.15, -0.1) is 0 Å². The molecule has 1 saturated heterocycles. The molecule has 0 N–H and O–H groups in total. The number of carbonyl (C=O) groups excluding carboxylic acids is 2. The van der Waals surface area contributed by atoms with E-state index in [2.05, 4.69) is 16.4 Å². The van der Waals surface area contributed by atoms with Gasteiger partial charge in [-0.3, -0.25) is 9.59 Å². The first-order valence-electron chi connectivity index (χ1n) is 11.1. The lowest BCUT2D eigenvalue weighted by atomic mass is 10.1. The van der Waals surface area contributed by atoms with Gasteiger partial charge in [0.1, 0.15) is 12.4 Å². The highest BCUT2D eigenvalue weighted by atomic mass is 16.2. The van der Waals surface area contributed by atoms with Gasteiger partial charge in [0.2, 0.25) is 11.8 Å². The molecule has 2 fully saturated rings. The second-order valence-electron chi connectivity index (χ2n) is 8.60. The van der Waals surface area contributed by atoms with E-state index in [1.807, 2.05) is 36.2 Å². The molecule has 6 heteroatoms. The molecule has 156 valence electrons. The lowest BCUT2D eigenvalue weighted by Crippen LogP contribution is -2.34. The minimum absolute atomic E-state index is 0.0595. The average molecular weight is 397 g/mol. The smallest absolute Gasteiger partial charge is 0.242 e. The first-order chi connectivity index (χ1) is 14.1. The zero-order chi connectivity index (χ0) is 20.4. The second kappa shape index (κ2) is 8.56. The number of likely N-dealkylation sites (tertiary alicyclic amines) is 1. The minimum atomic E-state index is 0.0595. The Morgan fingerprint density at radius 2 is 2.00 bits per heavy atom. The highest BCUT2D eigenvalue weighted by Crippen LogP contribution is 2.35. The maximum absolute atomic E-state index is 12.9. The number of benzene rings is 1. The van der Waals surface area contributed by atoms with Crippen LogP contribution in [0.3, 0.4) is 0 Å². The quantitative estimate of drug-likeness (QED) is 0.719. The van der Waals surface area contributed by atoms with Crippen molar-refractivity contribution in [3.8, 4) is 0 Å². The van der Waals surface area contributed by atoms with Crippen LogP contribution in [0.5, 0.6) is 0 Å². The van der Waals surface area contributed by atoms with Crippen molar-refractivity contribution >= 4 is 22.8 Å². The van der Waals surface area contributed by atoms with E-state index in [-0.39, 0.29) is 24.3 Å². The summed E-state index contributed by atoms with van der Waals surface area (Å²) in [5, 5.41) is 0. The third kappa shape index (κ3) is 4.02. The molecule has 2 aliphatic rings. The largest absolute Gasteiger partial charge is 0.344 e. The third-order valence-electron chi connectivity index (χ3n) is 6.54. The van der Waals surface area contributed by atoms with E-state index in [0.717, 1.165) is 55.6 Å². The predicted molar refractivity (Wildman–Crippen MR) is 114 cm³/mol. The maximum Gasteiger partial charge on any atom is 0.242 e. The molecular formula is C23H32N4O2.